The topological polar surface area (TPSA) is 68.8 Å². The Balaban J connectivity index is 1.66. The van der Waals surface area contributed by atoms with Crippen LogP contribution >= 0.6 is 11.8 Å². The number of aromatic nitrogens is 5. The van der Waals surface area contributed by atoms with Crippen molar-refractivity contribution in [2.45, 2.75) is 43.9 Å². The Hall–Kier alpha value is -2.35. The van der Waals surface area contributed by atoms with E-state index in [9.17, 15) is 4.79 Å². The van der Waals surface area contributed by atoms with Gasteiger partial charge in [0.1, 0.15) is 11.9 Å². The molecule has 3 heterocycles. The van der Waals surface area contributed by atoms with Crippen LogP contribution < -0.4 is 0 Å². The Morgan fingerprint density at radius 2 is 2.07 bits per heavy atom. The second-order valence-corrected chi connectivity index (χ2v) is 7.76. The minimum absolute atomic E-state index is 0.0200. The summed E-state index contributed by atoms with van der Waals surface area (Å²) in [6.07, 6.45) is 3.89. The van der Waals surface area contributed by atoms with Gasteiger partial charge in [-0.2, -0.15) is 0 Å². The van der Waals surface area contributed by atoms with Crippen LogP contribution in [0.5, 0.6) is 0 Å². The van der Waals surface area contributed by atoms with Gasteiger partial charge in [-0.05, 0) is 45.1 Å². The lowest BCUT2D eigenvalue weighted by Gasteiger charge is -2.28. The smallest absolute Gasteiger partial charge is 0.246 e. The molecule has 1 aliphatic heterocycles. The van der Waals surface area contributed by atoms with E-state index in [-0.39, 0.29) is 18.0 Å². The number of carbonyl (C=O) groups is 1. The van der Waals surface area contributed by atoms with Gasteiger partial charge in [0.15, 0.2) is 11.0 Å². The van der Waals surface area contributed by atoms with Gasteiger partial charge in [0.2, 0.25) is 5.91 Å². The average molecular weight is 385 g/mol. The number of likely N-dealkylation sites (tertiary alicyclic amines) is 1. The lowest BCUT2D eigenvalue weighted by atomic mass is 10.2. The van der Waals surface area contributed by atoms with Gasteiger partial charge in [0, 0.05) is 13.6 Å². The maximum Gasteiger partial charge on any atom is 0.246 e. The number of rotatable bonds is 4. The van der Waals surface area contributed by atoms with Crippen LogP contribution in [-0.2, 0) is 11.8 Å². The lowest BCUT2D eigenvalue weighted by molar-refractivity contribution is -0.135. The molecule has 0 spiro atoms. The van der Waals surface area contributed by atoms with E-state index in [2.05, 4.69) is 15.2 Å². The van der Waals surface area contributed by atoms with Crippen molar-refractivity contribution < 1.29 is 4.79 Å². The van der Waals surface area contributed by atoms with E-state index in [1.165, 1.54) is 0 Å². The van der Waals surface area contributed by atoms with Crippen LogP contribution in [0.15, 0.2) is 29.4 Å². The summed E-state index contributed by atoms with van der Waals surface area (Å²) in [5, 5.41) is 9.48. The molecule has 8 heteroatoms. The van der Waals surface area contributed by atoms with Crippen LogP contribution in [0, 0.1) is 6.92 Å². The zero-order valence-corrected chi connectivity index (χ0v) is 16.9. The SMILES string of the molecule is CSc1nnc(C2CCCN2C(=O)C(C)n2c(C)nc3ccccc32)n1C. The summed E-state index contributed by atoms with van der Waals surface area (Å²) in [5.41, 5.74) is 1.92. The normalized spacial score (nSPS) is 18.4. The molecule has 3 aromatic rings. The second-order valence-electron chi connectivity index (χ2n) is 6.99. The minimum Gasteiger partial charge on any atom is -0.331 e. The molecule has 0 aliphatic carbocycles. The first-order valence-corrected chi connectivity index (χ1v) is 10.4. The Bertz CT molecular complexity index is 993. The third kappa shape index (κ3) is 2.92. The summed E-state index contributed by atoms with van der Waals surface area (Å²) in [6, 6.07) is 7.63. The fourth-order valence-corrected chi connectivity index (χ4v) is 4.59. The summed E-state index contributed by atoms with van der Waals surface area (Å²) in [6.45, 7) is 4.67. The lowest BCUT2D eigenvalue weighted by Crippen LogP contribution is -2.37. The molecule has 142 valence electrons. The zero-order chi connectivity index (χ0) is 19.1. The highest BCUT2D eigenvalue weighted by molar-refractivity contribution is 7.98. The molecule has 1 saturated heterocycles. The van der Waals surface area contributed by atoms with Gasteiger partial charge in [-0.25, -0.2) is 4.98 Å². The molecule has 2 aromatic heterocycles. The summed E-state index contributed by atoms with van der Waals surface area (Å²) >= 11 is 1.57. The molecule has 27 heavy (non-hydrogen) atoms. The highest BCUT2D eigenvalue weighted by Crippen LogP contribution is 2.34. The van der Waals surface area contributed by atoms with Crippen LogP contribution in [0.1, 0.15) is 43.5 Å². The van der Waals surface area contributed by atoms with Crippen molar-refractivity contribution in [1.29, 1.82) is 0 Å². The largest absolute Gasteiger partial charge is 0.331 e. The van der Waals surface area contributed by atoms with Gasteiger partial charge >= 0.3 is 0 Å². The molecule has 1 aliphatic rings. The van der Waals surface area contributed by atoms with E-state index in [1.807, 2.05) is 65.5 Å². The summed E-state index contributed by atoms with van der Waals surface area (Å²) in [5.74, 6) is 1.83. The molecule has 0 radical (unpaired) electrons. The number of imidazole rings is 1. The van der Waals surface area contributed by atoms with E-state index < -0.39 is 0 Å². The van der Waals surface area contributed by atoms with Crippen molar-refractivity contribution >= 4 is 28.7 Å². The predicted octanol–water partition coefficient (Wildman–Crippen LogP) is 3.12. The average Bonchev–Trinajstić information content (AvgIpc) is 3.36. The number of fused-ring (bicyclic) bond motifs is 1. The molecule has 1 fully saturated rings. The Morgan fingerprint density at radius 3 is 2.81 bits per heavy atom. The third-order valence-corrected chi connectivity index (χ3v) is 6.12. The number of hydrogen-bond acceptors (Lipinski definition) is 5. The van der Waals surface area contributed by atoms with Crippen molar-refractivity contribution in [2.24, 2.45) is 7.05 Å². The van der Waals surface area contributed by atoms with Gasteiger partial charge < -0.3 is 14.0 Å². The zero-order valence-electron chi connectivity index (χ0n) is 16.1. The first-order valence-electron chi connectivity index (χ1n) is 9.20. The van der Waals surface area contributed by atoms with Gasteiger partial charge in [-0.1, -0.05) is 23.9 Å². The number of benzene rings is 1. The van der Waals surface area contributed by atoms with Gasteiger partial charge in [0.05, 0.1) is 17.1 Å². The Kier molecular flexibility index (Phi) is 4.67. The first-order chi connectivity index (χ1) is 13.0. The van der Waals surface area contributed by atoms with E-state index in [0.29, 0.717) is 0 Å². The van der Waals surface area contributed by atoms with Crippen LogP contribution in [-0.4, -0.2) is 47.9 Å². The molecular weight excluding hydrogens is 360 g/mol. The first kappa shape index (κ1) is 18.0. The Labute approximate surface area is 162 Å². The number of para-hydroxylation sites is 2. The molecule has 7 nitrogen and oxygen atoms in total. The number of aryl methyl sites for hydroxylation is 1. The standard InChI is InChI=1S/C19H24N6OS/c1-12(25-13(2)20-14-8-5-6-9-15(14)25)18(26)24-11-7-10-16(24)17-21-22-19(27-4)23(17)3/h5-6,8-9,12,16H,7,10-11H2,1-4H3. The predicted molar refractivity (Wildman–Crippen MR) is 106 cm³/mol. The maximum atomic E-state index is 13.4. The van der Waals surface area contributed by atoms with Crippen molar-refractivity contribution in [3.8, 4) is 0 Å². The molecule has 0 N–H and O–H groups in total. The number of hydrogen-bond donors (Lipinski definition) is 0. The molecular formula is C19H24N6OS. The molecule has 2 unspecified atom stereocenters. The van der Waals surface area contributed by atoms with E-state index >= 15 is 0 Å². The molecule has 1 aromatic carbocycles. The van der Waals surface area contributed by atoms with Gasteiger partial charge in [0.25, 0.3) is 0 Å². The second kappa shape index (κ2) is 6.99. The molecule has 4 rings (SSSR count). The molecule has 0 saturated carbocycles. The minimum atomic E-state index is -0.314. The van der Waals surface area contributed by atoms with Crippen molar-refractivity contribution in [1.82, 2.24) is 29.2 Å². The van der Waals surface area contributed by atoms with Crippen LogP contribution in [0.25, 0.3) is 11.0 Å². The molecule has 1 amide bonds. The Morgan fingerprint density at radius 1 is 1.30 bits per heavy atom. The van der Waals surface area contributed by atoms with Crippen LogP contribution in [0.2, 0.25) is 0 Å². The van der Waals surface area contributed by atoms with Crippen LogP contribution in [0.4, 0.5) is 0 Å². The van der Waals surface area contributed by atoms with E-state index in [0.717, 1.165) is 47.2 Å². The molecule has 0 bridgehead atoms. The summed E-state index contributed by atoms with van der Waals surface area (Å²) in [4.78, 5) is 20.0. The molecule has 2 atom stereocenters. The van der Waals surface area contributed by atoms with E-state index in [4.69, 9.17) is 0 Å². The van der Waals surface area contributed by atoms with E-state index in [1.54, 1.807) is 11.8 Å². The van der Waals surface area contributed by atoms with Gasteiger partial charge in [-0.15, -0.1) is 10.2 Å². The fourth-order valence-electron chi connectivity index (χ4n) is 4.10. The monoisotopic (exact) mass is 384 g/mol. The fraction of sp³-hybridized carbons (Fsp3) is 0.474. The summed E-state index contributed by atoms with van der Waals surface area (Å²) in [7, 11) is 1.97. The van der Waals surface area contributed by atoms with Crippen LogP contribution in [0.3, 0.4) is 0 Å². The third-order valence-electron chi connectivity index (χ3n) is 5.40. The van der Waals surface area contributed by atoms with Crippen molar-refractivity contribution in [2.75, 3.05) is 12.8 Å². The van der Waals surface area contributed by atoms with Crippen molar-refractivity contribution in [3.05, 3.63) is 35.9 Å². The maximum absolute atomic E-state index is 13.4. The number of nitrogens with zero attached hydrogens (tertiary/aromatic N) is 6. The summed E-state index contributed by atoms with van der Waals surface area (Å²) < 4.78 is 4.04. The number of carbonyl (C=O) groups excluding carboxylic acids is 1. The highest BCUT2D eigenvalue weighted by atomic mass is 32.2. The quantitative estimate of drug-likeness (QED) is 0.647. The van der Waals surface area contributed by atoms with Crippen molar-refractivity contribution in [3.63, 3.8) is 0 Å². The number of thioether (sulfide) groups is 1. The highest BCUT2D eigenvalue weighted by Gasteiger charge is 2.36. The number of amides is 1. The van der Waals surface area contributed by atoms with Gasteiger partial charge in [-0.3, -0.25) is 4.79 Å².